The third kappa shape index (κ3) is 2.43. The highest BCUT2D eigenvalue weighted by Crippen LogP contribution is 2.27. The van der Waals surface area contributed by atoms with E-state index in [2.05, 4.69) is 4.98 Å². The minimum absolute atomic E-state index is 0.148. The molecule has 0 aliphatic heterocycles. The Kier molecular flexibility index (Phi) is 3.48. The van der Waals surface area contributed by atoms with Gasteiger partial charge < -0.3 is 9.84 Å². The Morgan fingerprint density at radius 3 is 2.67 bits per heavy atom. The SMILES string of the molecule is COc1ccc(-c2ccc(Cl)cc2C(=O)O)cn1. The molecule has 0 unspecified atom stereocenters. The van der Waals surface area contributed by atoms with Gasteiger partial charge in [-0.25, -0.2) is 9.78 Å². The number of hydrogen-bond donors (Lipinski definition) is 1. The first kappa shape index (κ1) is 12.4. The van der Waals surface area contributed by atoms with Crippen LogP contribution in [0.25, 0.3) is 11.1 Å². The summed E-state index contributed by atoms with van der Waals surface area (Å²) >= 11 is 5.80. The number of halogens is 1. The molecule has 0 atom stereocenters. The molecule has 0 radical (unpaired) electrons. The predicted octanol–water partition coefficient (Wildman–Crippen LogP) is 3.11. The van der Waals surface area contributed by atoms with Gasteiger partial charge in [-0.3, -0.25) is 0 Å². The summed E-state index contributed by atoms with van der Waals surface area (Å²) in [7, 11) is 1.52. The van der Waals surface area contributed by atoms with Crippen LogP contribution in [0.4, 0.5) is 0 Å². The Morgan fingerprint density at radius 1 is 1.33 bits per heavy atom. The van der Waals surface area contributed by atoms with Crippen molar-refractivity contribution < 1.29 is 14.6 Å². The quantitative estimate of drug-likeness (QED) is 0.924. The van der Waals surface area contributed by atoms with Crippen molar-refractivity contribution in [1.82, 2.24) is 4.98 Å². The number of ether oxygens (including phenoxy) is 1. The van der Waals surface area contributed by atoms with Gasteiger partial charge in [-0.1, -0.05) is 17.7 Å². The lowest BCUT2D eigenvalue weighted by atomic mass is 10.0. The minimum Gasteiger partial charge on any atom is -0.481 e. The largest absolute Gasteiger partial charge is 0.481 e. The number of nitrogens with zero attached hydrogens (tertiary/aromatic N) is 1. The summed E-state index contributed by atoms with van der Waals surface area (Å²) in [6, 6.07) is 8.16. The van der Waals surface area contributed by atoms with Crippen molar-refractivity contribution in [2.24, 2.45) is 0 Å². The lowest BCUT2D eigenvalue weighted by Crippen LogP contribution is -1.99. The topological polar surface area (TPSA) is 59.4 Å². The Labute approximate surface area is 109 Å². The fourth-order valence-electron chi connectivity index (χ4n) is 1.61. The highest BCUT2D eigenvalue weighted by Gasteiger charge is 2.12. The molecule has 1 N–H and O–H groups in total. The summed E-state index contributed by atoms with van der Waals surface area (Å²) in [6.07, 6.45) is 1.56. The van der Waals surface area contributed by atoms with Crippen molar-refractivity contribution in [3.8, 4) is 17.0 Å². The molecule has 0 saturated carbocycles. The van der Waals surface area contributed by atoms with Crippen LogP contribution in [0.5, 0.6) is 5.88 Å². The molecule has 0 aliphatic rings. The third-order valence-corrected chi connectivity index (χ3v) is 2.70. The fourth-order valence-corrected chi connectivity index (χ4v) is 1.78. The molecule has 1 heterocycles. The normalized spacial score (nSPS) is 10.1. The third-order valence-electron chi connectivity index (χ3n) is 2.47. The van der Waals surface area contributed by atoms with E-state index in [0.717, 1.165) is 0 Å². The van der Waals surface area contributed by atoms with E-state index in [1.165, 1.54) is 13.2 Å². The van der Waals surface area contributed by atoms with Crippen LogP contribution >= 0.6 is 11.6 Å². The molecule has 2 rings (SSSR count). The number of rotatable bonds is 3. The van der Waals surface area contributed by atoms with Gasteiger partial charge in [0.05, 0.1) is 12.7 Å². The number of hydrogen-bond acceptors (Lipinski definition) is 3. The van der Waals surface area contributed by atoms with E-state index in [4.69, 9.17) is 21.4 Å². The van der Waals surface area contributed by atoms with Gasteiger partial charge in [-0.05, 0) is 23.8 Å². The van der Waals surface area contributed by atoms with Crippen LogP contribution in [0.15, 0.2) is 36.5 Å². The molecule has 0 saturated heterocycles. The van der Waals surface area contributed by atoms with Crippen molar-refractivity contribution in [2.75, 3.05) is 7.11 Å². The first-order chi connectivity index (χ1) is 8.61. The first-order valence-electron chi connectivity index (χ1n) is 5.15. The van der Waals surface area contributed by atoms with E-state index in [1.54, 1.807) is 30.5 Å². The second-order valence-electron chi connectivity index (χ2n) is 3.58. The van der Waals surface area contributed by atoms with Gasteiger partial charge in [0.1, 0.15) is 0 Å². The first-order valence-corrected chi connectivity index (χ1v) is 5.53. The standard InChI is InChI=1S/C13H10ClNO3/c1-18-12-5-2-8(7-15-12)10-4-3-9(14)6-11(10)13(16)17/h2-7H,1H3,(H,16,17). The van der Waals surface area contributed by atoms with E-state index in [1.807, 2.05) is 0 Å². The number of carboxylic acids is 1. The van der Waals surface area contributed by atoms with Crippen LogP contribution in [0.3, 0.4) is 0 Å². The summed E-state index contributed by atoms with van der Waals surface area (Å²) in [5.41, 5.74) is 1.42. The molecule has 1 aromatic carbocycles. The number of pyridine rings is 1. The highest BCUT2D eigenvalue weighted by molar-refractivity contribution is 6.31. The average Bonchev–Trinajstić information content (AvgIpc) is 2.39. The molecule has 1 aromatic heterocycles. The van der Waals surface area contributed by atoms with Gasteiger partial charge in [-0.2, -0.15) is 0 Å². The van der Waals surface area contributed by atoms with Crippen molar-refractivity contribution in [3.05, 3.63) is 47.1 Å². The van der Waals surface area contributed by atoms with Gasteiger partial charge in [0.2, 0.25) is 5.88 Å². The molecule has 4 nitrogen and oxygen atoms in total. The van der Waals surface area contributed by atoms with Gasteiger partial charge in [0.25, 0.3) is 0 Å². The zero-order valence-electron chi connectivity index (χ0n) is 9.55. The Bertz CT molecular complexity index is 581. The Balaban J connectivity index is 2.52. The fraction of sp³-hybridized carbons (Fsp3) is 0.0769. The molecule has 0 bridgehead atoms. The van der Waals surface area contributed by atoms with Gasteiger partial charge in [0, 0.05) is 22.8 Å². The van der Waals surface area contributed by atoms with E-state index in [9.17, 15) is 4.79 Å². The minimum atomic E-state index is -1.02. The molecule has 92 valence electrons. The summed E-state index contributed by atoms with van der Waals surface area (Å²) in [6.45, 7) is 0. The number of aromatic carboxylic acids is 1. The number of methoxy groups -OCH3 is 1. The van der Waals surface area contributed by atoms with Crippen LogP contribution < -0.4 is 4.74 Å². The second-order valence-corrected chi connectivity index (χ2v) is 4.02. The molecule has 18 heavy (non-hydrogen) atoms. The Morgan fingerprint density at radius 2 is 2.11 bits per heavy atom. The number of carbonyl (C=O) groups is 1. The van der Waals surface area contributed by atoms with Crippen molar-refractivity contribution in [1.29, 1.82) is 0 Å². The molecule has 5 heteroatoms. The predicted molar refractivity (Wildman–Crippen MR) is 68.2 cm³/mol. The molecule has 0 fully saturated rings. The lowest BCUT2D eigenvalue weighted by molar-refractivity contribution is 0.0697. The summed E-state index contributed by atoms with van der Waals surface area (Å²) in [5, 5.41) is 9.54. The monoisotopic (exact) mass is 263 g/mol. The van der Waals surface area contributed by atoms with Crippen LogP contribution in [0, 0.1) is 0 Å². The molecular formula is C13H10ClNO3. The van der Waals surface area contributed by atoms with Crippen LogP contribution in [-0.4, -0.2) is 23.2 Å². The highest BCUT2D eigenvalue weighted by atomic mass is 35.5. The van der Waals surface area contributed by atoms with Gasteiger partial charge >= 0.3 is 5.97 Å². The van der Waals surface area contributed by atoms with E-state index in [-0.39, 0.29) is 5.56 Å². The summed E-state index contributed by atoms with van der Waals surface area (Å²) < 4.78 is 4.95. The molecule has 0 amide bonds. The summed E-state index contributed by atoms with van der Waals surface area (Å²) in [4.78, 5) is 15.2. The number of carboxylic acid groups (broad SMARTS) is 1. The maximum atomic E-state index is 11.2. The zero-order valence-corrected chi connectivity index (χ0v) is 10.3. The average molecular weight is 264 g/mol. The van der Waals surface area contributed by atoms with Crippen LogP contribution in [-0.2, 0) is 0 Å². The molecular weight excluding hydrogens is 254 g/mol. The lowest BCUT2D eigenvalue weighted by Gasteiger charge is -2.07. The number of benzene rings is 1. The van der Waals surface area contributed by atoms with Gasteiger partial charge in [0.15, 0.2) is 0 Å². The molecule has 2 aromatic rings. The van der Waals surface area contributed by atoms with E-state index >= 15 is 0 Å². The molecule has 0 aliphatic carbocycles. The zero-order chi connectivity index (χ0) is 13.1. The smallest absolute Gasteiger partial charge is 0.336 e. The van der Waals surface area contributed by atoms with Crippen LogP contribution in [0.2, 0.25) is 5.02 Å². The summed E-state index contributed by atoms with van der Waals surface area (Å²) in [5.74, 6) is -0.548. The van der Waals surface area contributed by atoms with Crippen molar-refractivity contribution in [3.63, 3.8) is 0 Å². The molecule has 0 spiro atoms. The van der Waals surface area contributed by atoms with Crippen LogP contribution in [0.1, 0.15) is 10.4 Å². The van der Waals surface area contributed by atoms with E-state index < -0.39 is 5.97 Å². The number of aromatic nitrogens is 1. The Hall–Kier alpha value is -2.07. The maximum absolute atomic E-state index is 11.2. The van der Waals surface area contributed by atoms with E-state index in [0.29, 0.717) is 22.0 Å². The second kappa shape index (κ2) is 5.06. The van der Waals surface area contributed by atoms with Crippen molar-refractivity contribution in [2.45, 2.75) is 0 Å². The van der Waals surface area contributed by atoms with Crippen molar-refractivity contribution >= 4 is 17.6 Å². The van der Waals surface area contributed by atoms with Gasteiger partial charge in [-0.15, -0.1) is 0 Å². The maximum Gasteiger partial charge on any atom is 0.336 e.